The van der Waals surface area contributed by atoms with Crippen LogP contribution in [0.1, 0.15) is 6.42 Å². The second kappa shape index (κ2) is 6.77. The molecule has 22 heavy (non-hydrogen) atoms. The van der Waals surface area contributed by atoms with E-state index in [0.29, 0.717) is 31.9 Å². The third-order valence-electron chi connectivity index (χ3n) is 3.47. The number of anilines is 2. The molecule has 118 valence electrons. The Labute approximate surface area is 130 Å². The van der Waals surface area contributed by atoms with Gasteiger partial charge in [-0.25, -0.2) is 8.42 Å². The van der Waals surface area contributed by atoms with E-state index in [1.165, 1.54) is 10.6 Å². The van der Waals surface area contributed by atoms with E-state index in [1.807, 2.05) is 23.1 Å². The predicted octanol–water partition coefficient (Wildman–Crippen LogP) is 0.620. The number of carbonyl (C=O) groups excluding carboxylic acids is 1. The number of hydrogen-bond acceptors (Lipinski definition) is 5. The van der Waals surface area contributed by atoms with E-state index in [1.54, 1.807) is 12.1 Å². The van der Waals surface area contributed by atoms with Gasteiger partial charge in [-0.05, 0) is 12.1 Å². The fourth-order valence-corrected chi connectivity index (χ4v) is 3.21. The van der Waals surface area contributed by atoms with Crippen LogP contribution in [0.3, 0.4) is 0 Å². The standard InChI is InChI=1S/C14H18N4O3S/c1-22(20,21)18-10-8-17(9-11-18)13-5-3-2-4-12(13)16-14(19)6-7-15/h2-5H,6,8-11H2,1H3,(H,16,19). The summed E-state index contributed by atoms with van der Waals surface area (Å²) in [6, 6.07) is 9.12. The van der Waals surface area contributed by atoms with Crippen LogP contribution in [0.4, 0.5) is 11.4 Å². The lowest BCUT2D eigenvalue weighted by Gasteiger charge is -2.35. The molecule has 1 N–H and O–H groups in total. The van der Waals surface area contributed by atoms with Gasteiger partial charge in [-0.2, -0.15) is 9.57 Å². The maximum atomic E-state index is 11.6. The lowest BCUT2D eigenvalue weighted by Crippen LogP contribution is -2.48. The van der Waals surface area contributed by atoms with Crippen LogP contribution in [-0.2, 0) is 14.8 Å². The first kappa shape index (κ1) is 16.3. The molecule has 7 nitrogen and oxygen atoms in total. The Kier molecular flexibility index (Phi) is 5.00. The first-order valence-electron chi connectivity index (χ1n) is 6.87. The van der Waals surface area contributed by atoms with Gasteiger partial charge in [0.1, 0.15) is 6.42 Å². The first-order chi connectivity index (χ1) is 10.4. The molecular formula is C14H18N4O3S. The van der Waals surface area contributed by atoms with Crippen molar-refractivity contribution in [2.45, 2.75) is 6.42 Å². The van der Waals surface area contributed by atoms with Gasteiger partial charge in [0.25, 0.3) is 0 Å². The topological polar surface area (TPSA) is 93.5 Å². The molecule has 1 heterocycles. The van der Waals surface area contributed by atoms with Gasteiger partial charge < -0.3 is 10.2 Å². The molecule has 0 unspecified atom stereocenters. The number of nitrogens with zero attached hydrogens (tertiary/aromatic N) is 3. The Morgan fingerprint density at radius 1 is 1.27 bits per heavy atom. The summed E-state index contributed by atoms with van der Waals surface area (Å²) in [6.07, 6.45) is 1.01. The minimum atomic E-state index is -3.17. The minimum absolute atomic E-state index is 0.198. The van der Waals surface area contributed by atoms with Crippen LogP contribution in [0.15, 0.2) is 24.3 Å². The maximum absolute atomic E-state index is 11.6. The molecule has 0 aromatic heterocycles. The number of sulfonamides is 1. The molecule has 1 saturated heterocycles. The third kappa shape index (κ3) is 3.96. The van der Waals surface area contributed by atoms with Crippen molar-refractivity contribution >= 4 is 27.3 Å². The van der Waals surface area contributed by atoms with E-state index < -0.39 is 10.0 Å². The quantitative estimate of drug-likeness (QED) is 0.877. The Bertz CT molecular complexity index is 688. The van der Waals surface area contributed by atoms with Crippen molar-refractivity contribution in [1.29, 1.82) is 5.26 Å². The molecule has 1 aliphatic rings. The van der Waals surface area contributed by atoms with Crippen LogP contribution in [0.25, 0.3) is 0 Å². The van der Waals surface area contributed by atoms with Crippen molar-refractivity contribution in [3.8, 4) is 6.07 Å². The number of amides is 1. The molecule has 0 atom stereocenters. The summed E-state index contributed by atoms with van der Waals surface area (Å²) in [6.45, 7) is 1.94. The predicted molar refractivity (Wildman–Crippen MR) is 83.9 cm³/mol. The average Bonchev–Trinajstić information content (AvgIpc) is 2.47. The van der Waals surface area contributed by atoms with Gasteiger partial charge in [-0.15, -0.1) is 0 Å². The number of para-hydroxylation sites is 2. The van der Waals surface area contributed by atoms with Gasteiger partial charge in [-0.1, -0.05) is 12.1 Å². The van der Waals surface area contributed by atoms with E-state index in [4.69, 9.17) is 5.26 Å². The molecule has 0 aliphatic carbocycles. The van der Waals surface area contributed by atoms with Crippen LogP contribution in [0.2, 0.25) is 0 Å². The highest BCUT2D eigenvalue weighted by Crippen LogP contribution is 2.27. The molecule has 0 radical (unpaired) electrons. The van der Waals surface area contributed by atoms with Gasteiger partial charge in [-0.3, -0.25) is 4.79 Å². The summed E-state index contributed by atoms with van der Waals surface area (Å²) in [7, 11) is -3.17. The zero-order valence-corrected chi connectivity index (χ0v) is 13.1. The van der Waals surface area contributed by atoms with Gasteiger partial charge >= 0.3 is 0 Å². The number of nitrogens with one attached hydrogen (secondary N) is 1. The highest BCUT2D eigenvalue weighted by molar-refractivity contribution is 7.88. The average molecular weight is 322 g/mol. The van der Waals surface area contributed by atoms with E-state index in [2.05, 4.69) is 5.32 Å². The molecule has 2 rings (SSSR count). The highest BCUT2D eigenvalue weighted by Gasteiger charge is 2.24. The second-order valence-corrected chi connectivity index (χ2v) is 7.03. The molecule has 0 saturated carbocycles. The van der Waals surface area contributed by atoms with Crippen molar-refractivity contribution in [3.63, 3.8) is 0 Å². The first-order valence-corrected chi connectivity index (χ1v) is 8.72. The number of hydrogen-bond donors (Lipinski definition) is 1. The van der Waals surface area contributed by atoms with E-state index in [0.717, 1.165) is 5.69 Å². The second-order valence-electron chi connectivity index (χ2n) is 5.05. The van der Waals surface area contributed by atoms with Gasteiger partial charge in [0.2, 0.25) is 15.9 Å². The molecule has 1 fully saturated rings. The van der Waals surface area contributed by atoms with Crippen LogP contribution >= 0.6 is 0 Å². The van der Waals surface area contributed by atoms with Crippen LogP contribution < -0.4 is 10.2 Å². The van der Waals surface area contributed by atoms with Gasteiger partial charge in [0.15, 0.2) is 0 Å². The zero-order chi connectivity index (χ0) is 16.2. The van der Waals surface area contributed by atoms with E-state index in [-0.39, 0.29) is 12.3 Å². The number of nitriles is 1. The smallest absolute Gasteiger partial charge is 0.238 e. The Hall–Kier alpha value is -2.11. The molecule has 8 heteroatoms. The van der Waals surface area contributed by atoms with Crippen molar-refractivity contribution in [2.24, 2.45) is 0 Å². The van der Waals surface area contributed by atoms with E-state index >= 15 is 0 Å². The fraction of sp³-hybridized carbons (Fsp3) is 0.429. The third-order valence-corrected chi connectivity index (χ3v) is 4.77. The van der Waals surface area contributed by atoms with Crippen LogP contribution in [-0.4, -0.2) is 51.1 Å². The van der Waals surface area contributed by atoms with Crippen molar-refractivity contribution in [2.75, 3.05) is 42.7 Å². The highest BCUT2D eigenvalue weighted by atomic mass is 32.2. The summed E-state index contributed by atoms with van der Waals surface area (Å²) in [4.78, 5) is 13.6. The SMILES string of the molecule is CS(=O)(=O)N1CCN(c2ccccc2NC(=O)CC#N)CC1. The molecule has 0 bridgehead atoms. The normalized spacial score (nSPS) is 16.1. The Morgan fingerprint density at radius 3 is 2.50 bits per heavy atom. The Morgan fingerprint density at radius 2 is 1.91 bits per heavy atom. The van der Waals surface area contributed by atoms with Crippen LogP contribution in [0.5, 0.6) is 0 Å². The minimum Gasteiger partial charge on any atom is -0.367 e. The molecular weight excluding hydrogens is 304 g/mol. The van der Waals surface area contributed by atoms with Crippen molar-refractivity contribution < 1.29 is 13.2 Å². The fourth-order valence-electron chi connectivity index (χ4n) is 2.38. The van der Waals surface area contributed by atoms with Gasteiger partial charge in [0, 0.05) is 26.2 Å². The lowest BCUT2D eigenvalue weighted by molar-refractivity contribution is -0.115. The Balaban J connectivity index is 2.11. The van der Waals surface area contributed by atoms with Gasteiger partial charge in [0.05, 0.1) is 23.7 Å². The molecule has 1 aliphatic heterocycles. The molecule has 0 spiro atoms. The largest absolute Gasteiger partial charge is 0.367 e. The molecule has 1 amide bonds. The summed E-state index contributed by atoms with van der Waals surface area (Å²) < 4.78 is 24.5. The number of piperazine rings is 1. The number of benzene rings is 1. The van der Waals surface area contributed by atoms with E-state index in [9.17, 15) is 13.2 Å². The summed E-state index contributed by atoms with van der Waals surface area (Å²) >= 11 is 0. The monoisotopic (exact) mass is 322 g/mol. The zero-order valence-electron chi connectivity index (χ0n) is 12.3. The molecule has 1 aromatic rings. The maximum Gasteiger partial charge on any atom is 0.238 e. The molecule has 1 aromatic carbocycles. The summed E-state index contributed by atoms with van der Waals surface area (Å²) in [5, 5.41) is 11.3. The summed E-state index contributed by atoms with van der Waals surface area (Å²) in [5.74, 6) is -0.357. The summed E-state index contributed by atoms with van der Waals surface area (Å²) in [5.41, 5.74) is 1.47. The van der Waals surface area contributed by atoms with Crippen LogP contribution in [0, 0.1) is 11.3 Å². The number of rotatable bonds is 4. The lowest BCUT2D eigenvalue weighted by atomic mass is 10.2. The number of carbonyl (C=O) groups is 1. The van der Waals surface area contributed by atoms with Crippen molar-refractivity contribution in [1.82, 2.24) is 4.31 Å². The van der Waals surface area contributed by atoms with Crippen molar-refractivity contribution in [3.05, 3.63) is 24.3 Å².